The third-order valence-corrected chi connectivity index (χ3v) is 3.80. The molecule has 20 heavy (non-hydrogen) atoms. The molecule has 0 aliphatic heterocycles. The molecular weight excluding hydrogens is 250 g/mol. The predicted octanol–water partition coefficient (Wildman–Crippen LogP) is 1.63. The van der Waals surface area contributed by atoms with Gasteiger partial charge in [0, 0.05) is 11.1 Å². The SMILES string of the molecule is C[NH+](C)c1ccc(C2C(=O)c3ccccc3C2=O)cc1. The average Bonchev–Trinajstić information content (AvgIpc) is 2.72. The first-order valence-corrected chi connectivity index (χ1v) is 6.67. The monoisotopic (exact) mass is 266 g/mol. The molecule has 0 aromatic heterocycles. The Kier molecular flexibility index (Phi) is 2.99. The summed E-state index contributed by atoms with van der Waals surface area (Å²) >= 11 is 0. The number of nitrogens with one attached hydrogen (secondary N) is 1. The number of carbonyl (C=O) groups is 2. The topological polar surface area (TPSA) is 38.6 Å². The van der Waals surface area contributed by atoms with Crippen molar-refractivity contribution in [2.45, 2.75) is 5.92 Å². The number of fused-ring (bicyclic) bond motifs is 1. The zero-order valence-electron chi connectivity index (χ0n) is 11.5. The molecule has 0 saturated heterocycles. The lowest BCUT2D eigenvalue weighted by molar-refractivity contribution is -0.786. The van der Waals surface area contributed by atoms with Crippen LogP contribution in [0, 0.1) is 0 Å². The number of ketones is 2. The van der Waals surface area contributed by atoms with Gasteiger partial charge in [0.15, 0.2) is 11.6 Å². The minimum atomic E-state index is -0.668. The van der Waals surface area contributed by atoms with Crippen LogP contribution in [0.5, 0.6) is 0 Å². The summed E-state index contributed by atoms with van der Waals surface area (Å²) in [5.41, 5.74) is 3.00. The van der Waals surface area contributed by atoms with Crippen molar-refractivity contribution in [3.05, 3.63) is 65.2 Å². The molecule has 0 bridgehead atoms. The zero-order valence-corrected chi connectivity index (χ0v) is 11.5. The molecule has 0 amide bonds. The molecule has 0 unspecified atom stereocenters. The fourth-order valence-electron chi connectivity index (χ4n) is 2.65. The van der Waals surface area contributed by atoms with Gasteiger partial charge in [-0.15, -0.1) is 0 Å². The third kappa shape index (κ3) is 1.87. The summed E-state index contributed by atoms with van der Waals surface area (Å²) in [5, 5.41) is 0. The standard InChI is InChI=1S/C17H15NO2/c1-18(2)12-9-7-11(8-10-12)15-16(19)13-5-3-4-6-14(13)17(15)20/h3-10,15H,1-2H3/p+1. The highest BCUT2D eigenvalue weighted by Crippen LogP contribution is 2.33. The van der Waals surface area contributed by atoms with Gasteiger partial charge in [-0.25, -0.2) is 0 Å². The van der Waals surface area contributed by atoms with Gasteiger partial charge < -0.3 is 4.90 Å². The van der Waals surface area contributed by atoms with E-state index in [1.54, 1.807) is 24.3 Å². The van der Waals surface area contributed by atoms with Crippen LogP contribution in [0.3, 0.4) is 0 Å². The minimum Gasteiger partial charge on any atom is -0.307 e. The Morgan fingerprint density at radius 3 is 1.75 bits per heavy atom. The fourth-order valence-corrected chi connectivity index (χ4v) is 2.65. The smallest absolute Gasteiger partial charge is 0.178 e. The van der Waals surface area contributed by atoms with Crippen molar-refractivity contribution in [3.8, 4) is 0 Å². The van der Waals surface area contributed by atoms with Gasteiger partial charge in [-0.1, -0.05) is 36.4 Å². The van der Waals surface area contributed by atoms with Crippen LogP contribution in [0.2, 0.25) is 0 Å². The van der Waals surface area contributed by atoms with E-state index >= 15 is 0 Å². The molecule has 0 heterocycles. The van der Waals surface area contributed by atoms with Gasteiger partial charge in [-0.05, 0) is 17.7 Å². The zero-order chi connectivity index (χ0) is 14.3. The van der Waals surface area contributed by atoms with Crippen LogP contribution in [0.25, 0.3) is 0 Å². The first kappa shape index (κ1) is 12.8. The lowest BCUT2D eigenvalue weighted by atomic mass is 9.94. The number of carbonyl (C=O) groups excluding carboxylic acids is 2. The number of Topliss-reactive ketones (excluding diaryl/α,β-unsaturated/α-hetero) is 2. The average molecular weight is 266 g/mol. The van der Waals surface area contributed by atoms with E-state index in [1.165, 1.54) is 4.90 Å². The molecule has 0 spiro atoms. The van der Waals surface area contributed by atoms with Gasteiger partial charge in [0.1, 0.15) is 11.6 Å². The minimum absolute atomic E-state index is 0.0875. The highest BCUT2D eigenvalue weighted by Gasteiger charge is 2.39. The lowest BCUT2D eigenvalue weighted by Crippen LogP contribution is -3.00. The maximum Gasteiger partial charge on any atom is 0.178 e. The molecule has 0 saturated carbocycles. The number of quaternary nitrogens is 1. The Labute approximate surface area is 117 Å². The van der Waals surface area contributed by atoms with Crippen LogP contribution in [-0.4, -0.2) is 25.7 Å². The molecule has 100 valence electrons. The molecule has 3 nitrogen and oxygen atoms in total. The lowest BCUT2D eigenvalue weighted by Gasteiger charge is -2.10. The van der Waals surface area contributed by atoms with Crippen molar-refractivity contribution >= 4 is 17.3 Å². The van der Waals surface area contributed by atoms with E-state index in [1.807, 2.05) is 38.4 Å². The summed E-state index contributed by atoms with van der Waals surface area (Å²) in [6, 6.07) is 14.8. The maximum absolute atomic E-state index is 12.4. The number of hydrogen-bond acceptors (Lipinski definition) is 2. The van der Waals surface area contributed by atoms with E-state index in [-0.39, 0.29) is 11.6 Å². The number of hydrogen-bond donors (Lipinski definition) is 1. The van der Waals surface area contributed by atoms with Crippen LogP contribution >= 0.6 is 0 Å². The van der Waals surface area contributed by atoms with E-state index in [0.717, 1.165) is 11.3 Å². The Balaban J connectivity index is 2.00. The summed E-state index contributed by atoms with van der Waals surface area (Å²) < 4.78 is 0. The molecule has 2 aromatic carbocycles. The Bertz CT molecular complexity index is 651. The molecule has 1 aliphatic rings. The molecule has 0 fully saturated rings. The molecular formula is C17H16NO2+. The largest absolute Gasteiger partial charge is 0.307 e. The van der Waals surface area contributed by atoms with Gasteiger partial charge in [0.05, 0.1) is 14.1 Å². The summed E-state index contributed by atoms with van der Waals surface area (Å²) in [5.74, 6) is -0.843. The van der Waals surface area contributed by atoms with Crippen LogP contribution < -0.4 is 4.90 Å². The van der Waals surface area contributed by atoms with E-state index in [4.69, 9.17) is 0 Å². The van der Waals surface area contributed by atoms with Crippen molar-refractivity contribution in [1.82, 2.24) is 0 Å². The maximum atomic E-state index is 12.4. The summed E-state index contributed by atoms with van der Waals surface area (Å²) in [6.07, 6.45) is 0. The quantitative estimate of drug-likeness (QED) is 0.839. The molecule has 3 rings (SSSR count). The van der Waals surface area contributed by atoms with Gasteiger partial charge in [-0.3, -0.25) is 9.59 Å². The van der Waals surface area contributed by atoms with Gasteiger partial charge in [0.2, 0.25) is 0 Å². The highest BCUT2D eigenvalue weighted by molar-refractivity contribution is 6.29. The summed E-state index contributed by atoms with van der Waals surface area (Å²) in [7, 11) is 4.08. The van der Waals surface area contributed by atoms with Gasteiger partial charge >= 0.3 is 0 Å². The highest BCUT2D eigenvalue weighted by atomic mass is 16.2. The van der Waals surface area contributed by atoms with E-state index in [2.05, 4.69) is 0 Å². The molecule has 1 aliphatic carbocycles. The first-order valence-electron chi connectivity index (χ1n) is 6.67. The van der Waals surface area contributed by atoms with E-state index in [9.17, 15) is 9.59 Å². The van der Waals surface area contributed by atoms with Crippen molar-refractivity contribution in [3.63, 3.8) is 0 Å². The second-order valence-electron chi connectivity index (χ2n) is 5.33. The summed E-state index contributed by atoms with van der Waals surface area (Å²) in [4.78, 5) is 26.0. The molecule has 0 atom stereocenters. The van der Waals surface area contributed by atoms with Crippen molar-refractivity contribution in [1.29, 1.82) is 0 Å². The second kappa shape index (κ2) is 4.69. The van der Waals surface area contributed by atoms with Gasteiger partial charge in [0.25, 0.3) is 0 Å². The second-order valence-corrected chi connectivity index (χ2v) is 5.33. The number of benzene rings is 2. The molecule has 2 aromatic rings. The van der Waals surface area contributed by atoms with Crippen LogP contribution in [0.4, 0.5) is 5.69 Å². The first-order chi connectivity index (χ1) is 9.59. The fraction of sp³-hybridized carbons (Fsp3) is 0.176. The van der Waals surface area contributed by atoms with Crippen molar-refractivity contribution in [2.24, 2.45) is 0 Å². The molecule has 0 radical (unpaired) electrons. The van der Waals surface area contributed by atoms with E-state index in [0.29, 0.717) is 11.1 Å². The van der Waals surface area contributed by atoms with Crippen LogP contribution in [-0.2, 0) is 0 Å². The third-order valence-electron chi connectivity index (χ3n) is 3.80. The van der Waals surface area contributed by atoms with Crippen LogP contribution in [0.15, 0.2) is 48.5 Å². The van der Waals surface area contributed by atoms with E-state index < -0.39 is 5.92 Å². The molecule has 1 N–H and O–H groups in total. The van der Waals surface area contributed by atoms with Crippen molar-refractivity contribution in [2.75, 3.05) is 14.1 Å². The van der Waals surface area contributed by atoms with Crippen LogP contribution in [0.1, 0.15) is 32.2 Å². The Morgan fingerprint density at radius 2 is 1.30 bits per heavy atom. The molecule has 3 heteroatoms. The Hall–Kier alpha value is -2.26. The number of rotatable bonds is 2. The predicted molar refractivity (Wildman–Crippen MR) is 76.8 cm³/mol. The Morgan fingerprint density at radius 1 is 0.800 bits per heavy atom. The van der Waals surface area contributed by atoms with Gasteiger partial charge in [-0.2, -0.15) is 0 Å². The van der Waals surface area contributed by atoms with Crippen molar-refractivity contribution < 1.29 is 14.5 Å². The normalized spacial score (nSPS) is 14.9. The summed E-state index contributed by atoms with van der Waals surface area (Å²) in [6.45, 7) is 0.